The van der Waals surface area contributed by atoms with Crippen LogP contribution in [0.25, 0.3) is 5.31 Å². The summed E-state index contributed by atoms with van der Waals surface area (Å²) in [5, 5.41) is 1.24. The van der Waals surface area contributed by atoms with Crippen LogP contribution in [-0.2, 0) is 13.6 Å². The fourth-order valence-corrected chi connectivity index (χ4v) is 6.10. The van der Waals surface area contributed by atoms with E-state index in [0.29, 0.717) is 10.3 Å². The molecule has 2 aromatic carbocycles. The van der Waals surface area contributed by atoms with E-state index in [9.17, 15) is 4.57 Å². The Morgan fingerprint density at radius 3 is 2.36 bits per heavy atom. The van der Waals surface area contributed by atoms with Gasteiger partial charge in [0.25, 0.3) is 0 Å². The first kappa shape index (κ1) is 16.2. The second-order valence-electron chi connectivity index (χ2n) is 4.78. The SMILES string of the molecule is COP1(=O)OC(c2ccccc2)C(I)=C1c1ccc(Cl)cc1. The molecule has 2 aromatic rings. The molecule has 0 fully saturated rings. The van der Waals surface area contributed by atoms with E-state index in [0.717, 1.165) is 14.7 Å². The molecule has 0 spiro atoms. The van der Waals surface area contributed by atoms with E-state index in [4.69, 9.17) is 20.6 Å². The summed E-state index contributed by atoms with van der Waals surface area (Å²) in [5.74, 6) is 0. The Labute approximate surface area is 148 Å². The van der Waals surface area contributed by atoms with E-state index in [1.165, 1.54) is 7.11 Å². The van der Waals surface area contributed by atoms with Crippen molar-refractivity contribution >= 4 is 47.1 Å². The van der Waals surface area contributed by atoms with Gasteiger partial charge < -0.3 is 4.52 Å². The number of rotatable bonds is 3. The van der Waals surface area contributed by atoms with Crippen LogP contribution in [0.4, 0.5) is 0 Å². The Bertz CT molecular complexity index is 759. The maximum Gasteiger partial charge on any atom is 0.363 e. The molecule has 0 saturated carbocycles. The largest absolute Gasteiger partial charge is 0.363 e. The van der Waals surface area contributed by atoms with Crippen LogP contribution in [0.5, 0.6) is 0 Å². The van der Waals surface area contributed by atoms with Crippen molar-refractivity contribution in [3.8, 4) is 0 Å². The average Bonchev–Trinajstić information content (AvgIpc) is 2.81. The molecule has 3 rings (SSSR count). The molecule has 0 N–H and O–H groups in total. The third-order valence-electron chi connectivity index (χ3n) is 3.43. The van der Waals surface area contributed by atoms with E-state index in [1.807, 2.05) is 42.5 Å². The molecule has 2 atom stereocenters. The molecule has 0 saturated heterocycles. The maximum atomic E-state index is 13.1. The highest BCUT2D eigenvalue weighted by Crippen LogP contribution is 2.71. The highest BCUT2D eigenvalue weighted by molar-refractivity contribution is 14.1. The highest BCUT2D eigenvalue weighted by atomic mass is 127. The van der Waals surface area contributed by atoms with Gasteiger partial charge in [-0.25, -0.2) is 0 Å². The normalized spacial score (nSPS) is 24.8. The molecule has 0 aliphatic carbocycles. The Morgan fingerprint density at radius 1 is 1.14 bits per heavy atom. The summed E-state index contributed by atoms with van der Waals surface area (Å²) in [6, 6.07) is 16.9. The van der Waals surface area contributed by atoms with Crippen molar-refractivity contribution in [3.05, 3.63) is 74.3 Å². The van der Waals surface area contributed by atoms with Crippen LogP contribution >= 0.6 is 41.8 Å². The van der Waals surface area contributed by atoms with Gasteiger partial charge in [0.15, 0.2) is 0 Å². The molecule has 1 aliphatic heterocycles. The van der Waals surface area contributed by atoms with Crippen molar-refractivity contribution in [1.29, 1.82) is 0 Å². The third-order valence-corrected chi connectivity index (χ3v) is 7.23. The van der Waals surface area contributed by atoms with Gasteiger partial charge in [0, 0.05) is 15.7 Å². The van der Waals surface area contributed by atoms with E-state index >= 15 is 0 Å². The van der Waals surface area contributed by atoms with Gasteiger partial charge in [-0.15, -0.1) is 0 Å². The minimum atomic E-state index is -3.35. The molecule has 6 heteroatoms. The van der Waals surface area contributed by atoms with Crippen LogP contribution in [0.15, 0.2) is 58.2 Å². The first-order valence-electron chi connectivity index (χ1n) is 6.60. The molecule has 114 valence electrons. The van der Waals surface area contributed by atoms with Crippen LogP contribution in [0.3, 0.4) is 0 Å². The first-order valence-corrected chi connectivity index (χ1v) is 9.60. The Kier molecular flexibility index (Phi) is 4.76. The van der Waals surface area contributed by atoms with Crippen molar-refractivity contribution in [3.63, 3.8) is 0 Å². The molecule has 1 heterocycles. The fourth-order valence-electron chi connectivity index (χ4n) is 2.37. The minimum absolute atomic E-state index is 0.377. The zero-order valence-electron chi connectivity index (χ0n) is 11.7. The number of hydrogen-bond acceptors (Lipinski definition) is 3. The Balaban J connectivity index is 2.12. The molecule has 3 nitrogen and oxygen atoms in total. The lowest BCUT2D eigenvalue weighted by molar-refractivity contribution is 0.213. The summed E-state index contributed by atoms with van der Waals surface area (Å²) >= 11 is 8.12. The van der Waals surface area contributed by atoms with Gasteiger partial charge in [-0.3, -0.25) is 9.09 Å². The monoisotopic (exact) mass is 446 g/mol. The van der Waals surface area contributed by atoms with Crippen LogP contribution in [0.1, 0.15) is 17.2 Å². The number of halogens is 2. The van der Waals surface area contributed by atoms with E-state index in [2.05, 4.69) is 22.6 Å². The average molecular weight is 447 g/mol. The quantitative estimate of drug-likeness (QED) is 0.425. The van der Waals surface area contributed by atoms with Gasteiger partial charge in [-0.2, -0.15) is 0 Å². The summed E-state index contributed by atoms with van der Waals surface area (Å²) in [5.41, 5.74) is 1.76. The lowest BCUT2D eigenvalue weighted by atomic mass is 10.1. The predicted octanol–water partition coefficient (Wildman–Crippen LogP) is 6.05. The van der Waals surface area contributed by atoms with Gasteiger partial charge in [0.05, 0.1) is 5.31 Å². The number of benzene rings is 2. The van der Waals surface area contributed by atoms with Gasteiger partial charge in [0.2, 0.25) is 0 Å². The van der Waals surface area contributed by atoms with E-state index in [1.54, 1.807) is 12.1 Å². The van der Waals surface area contributed by atoms with Crippen LogP contribution in [-0.4, -0.2) is 7.11 Å². The molecule has 0 bridgehead atoms. The summed E-state index contributed by atoms with van der Waals surface area (Å²) < 4.78 is 25.0. The molecular weight excluding hydrogens is 434 g/mol. The Morgan fingerprint density at radius 2 is 1.77 bits per heavy atom. The van der Waals surface area contributed by atoms with Crippen molar-refractivity contribution in [1.82, 2.24) is 0 Å². The summed E-state index contributed by atoms with van der Waals surface area (Å²) in [6.07, 6.45) is -0.377. The fraction of sp³-hybridized carbons (Fsp3) is 0.125. The highest BCUT2D eigenvalue weighted by Gasteiger charge is 2.44. The molecule has 0 amide bonds. The summed E-state index contributed by atoms with van der Waals surface area (Å²) in [6.45, 7) is 0. The summed E-state index contributed by atoms with van der Waals surface area (Å²) in [7, 11) is -1.94. The van der Waals surface area contributed by atoms with Crippen molar-refractivity contribution in [2.24, 2.45) is 0 Å². The predicted molar refractivity (Wildman–Crippen MR) is 97.3 cm³/mol. The second-order valence-corrected chi connectivity index (χ2v) is 8.40. The summed E-state index contributed by atoms with van der Waals surface area (Å²) in [4.78, 5) is 0. The van der Waals surface area contributed by atoms with Crippen molar-refractivity contribution in [2.45, 2.75) is 6.10 Å². The lowest BCUT2D eigenvalue weighted by Gasteiger charge is -2.15. The lowest BCUT2D eigenvalue weighted by Crippen LogP contribution is -1.96. The topological polar surface area (TPSA) is 35.5 Å². The van der Waals surface area contributed by atoms with E-state index in [-0.39, 0.29) is 6.10 Å². The van der Waals surface area contributed by atoms with Crippen molar-refractivity contribution in [2.75, 3.05) is 7.11 Å². The number of hydrogen-bond donors (Lipinski definition) is 0. The van der Waals surface area contributed by atoms with Crippen LogP contribution < -0.4 is 0 Å². The minimum Gasteiger partial charge on any atom is -0.309 e. The maximum absolute atomic E-state index is 13.1. The Hall–Kier alpha value is -0.650. The smallest absolute Gasteiger partial charge is 0.309 e. The van der Waals surface area contributed by atoms with Gasteiger partial charge in [-0.05, 0) is 45.9 Å². The zero-order valence-corrected chi connectivity index (χ0v) is 15.5. The molecular formula is C16H13ClIO3P. The molecule has 1 aliphatic rings. The van der Waals surface area contributed by atoms with Crippen LogP contribution in [0, 0.1) is 0 Å². The first-order chi connectivity index (χ1) is 10.5. The second kappa shape index (κ2) is 6.46. The van der Waals surface area contributed by atoms with Crippen molar-refractivity contribution < 1.29 is 13.6 Å². The third kappa shape index (κ3) is 2.91. The molecule has 2 unspecified atom stereocenters. The zero-order chi connectivity index (χ0) is 15.7. The van der Waals surface area contributed by atoms with Gasteiger partial charge in [-0.1, -0.05) is 54.1 Å². The van der Waals surface area contributed by atoms with Crippen LogP contribution in [0.2, 0.25) is 5.02 Å². The van der Waals surface area contributed by atoms with Gasteiger partial charge >= 0.3 is 7.60 Å². The molecule has 0 radical (unpaired) electrons. The molecule has 0 aromatic heterocycles. The standard InChI is InChI=1S/C16H13ClIO3P/c1-20-22(19)16(12-7-9-13(17)10-8-12)14(18)15(21-22)11-5-3-2-4-6-11/h2-10,15H,1H3. The van der Waals surface area contributed by atoms with E-state index < -0.39 is 7.60 Å². The van der Waals surface area contributed by atoms with Gasteiger partial charge in [0.1, 0.15) is 6.10 Å². The molecule has 22 heavy (non-hydrogen) atoms.